The van der Waals surface area contributed by atoms with Crippen molar-refractivity contribution >= 4 is 112 Å². The Morgan fingerprint density at radius 1 is 0.679 bits per heavy atom. The van der Waals surface area contributed by atoms with Gasteiger partial charge in [-0.25, -0.2) is 0 Å². The van der Waals surface area contributed by atoms with Crippen LogP contribution >= 0.6 is 94.3 Å². The zero-order chi connectivity index (χ0) is 22.0. The lowest BCUT2D eigenvalue weighted by Gasteiger charge is -2.19. The van der Waals surface area contributed by atoms with E-state index in [-0.39, 0.29) is 19.3 Å². The second kappa shape index (κ2) is 14.5. The molecule has 0 aliphatic rings. The van der Waals surface area contributed by atoms with Crippen molar-refractivity contribution in [2.45, 2.75) is 35.0 Å². The molecule has 28 heavy (non-hydrogen) atoms. The van der Waals surface area contributed by atoms with Crippen LogP contribution in [0.15, 0.2) is 33.2 Å². The molecule has 0 bridgehead atoms. The number of hydrogen-bond donors (Lipinski definition) is 3. The Hall–Kier alpha value is 0.550. The molecule has 158 valence electrons. The van der Waals surface area contributed by atoms with Crippen LogP contribution in [-0.4, -0.2) is 33.7 Å². The Balaban J connectivity index is 5.19. The van der Waals surface area contributed by atoms with Crippen LogP contribution in [0.25, 0.3) is 0 Å². The molecule has 3 unspecified atom stereocenters. The molecule has 0 radical (unpaired) electrons. The highest BCUT2D eigenvalue weighted by Crippen LogP contribution is 2.43. The molecule has 0 saturated carbocycles. The number of rotatable bonds is 12. The van der Waals surface area contributed by atoms with Gasteiger partial charge in [0.2, 0.25) is 0 Å². The molecule has 0 amide bonds. The highest BCUT2D eigenvalue weighted by Gasteiger charge is 2.33. The summed E-state index contributed by atoms with van der Waals surface area (Å²) in [5.41, 5.74) is 0. The van der Waals surface area contributed by atoms with Crippen molar-refractivity contribution < 1.29 is 28.0 Å². The van der Waals surface area contributed by atoms with E-state index in [1.54, 1.807) is 0 Å². The molecule has 0 aliphatic heterocycles. The van der Waals surface area contributed by atoms with Crippen LogP contribution in [0, 0.1) is 0 Å². The molecule has 13 heteroatoms. The third kappa shape index (κ3) is 13.0. The summed E-state index contributed by atoms with van der Waals surface area (Å²) in [4.78, 5) is 36.4. The maximum Gasteiger partial charge on any atom is 0.537 e. The molecule has 0 heterocycles. The second-order valence-electron chi connectivity index (χ2n) is 5.17. The summed E-state index contributed by atoms with van der Waals surface area (Å²) in [5, 5.41) is -2.72. The minimum atomic E-state index is -2.68. The normalized spacial score (nSPS) is 14.8. The molecule has 0 saturated heterocycles. The van der Waals surface area contributed by atoms with Gasteiger partial charge >= 0.3 is 26.5 Å². The van der Waals surface area contributed by atoms with Gasteiger partial charge in [0.1, 0.15) is 15.7 Å². The number of thiol groups is 3. The van der Waals surface area contributed by atoms with E-state index in [4.69, 9.17) is 13.6 Å². The molecule has 0 aromatic carbocycles. The largest absolute Gasteiger partial charge is 0.537 e. The van der Waals surface area contributed by atoms with Gasteiger partial charge in [0.05, 0.1) is 0 Å². The van der Waals surface area contributed by atoms with Gasteiger partial charge in [-0.05, 0) is 13.4 Å². The zero-order valence-electron chi connectivity index (χ0n) is 14.3. The molecule has 6 nitrogen and oxygen atoms in total. The third-order valence-corrected chi connectivity index (χ3v) is 5.69. The zero-order valence-corrected chi connectivity index (χ0v) is 22.7. The van der Waals surface area contributed by atoms with Crippen LogP contribution in [0.3, 0.4) is 0 Å². The van der Waals surface area contributed by atoms with Crippen LogP contribution in [0.1, 0.15) is 19.3 Å². The van der Waals surface area contributed by atoms with Crippen molar-refractivity contribution in [1.29, 1.82) is 0 Å². The molecule has 0 aliphatic carbocycles. The molecule has 0 aromatic rings. The first-order valence-corrected chi connectivity index (χ1v) is 12.3. The van der Waals surface area contributed by atoms with Gasteiger partial charge < -0.3 is 13.6 Å². The molecular formula is C15H18Br3O6PS3. The Labute approximate surface area is 206 Å². The third-order valence-electron chi connectivity index (χ3n) is 2.55. The second-order valence-corrected chi connectivity index (χ2v) is 11.4. The van der Waals surface area contributed by atoms with Gasteiger partial charge in [-0.15, -0.1) is 0 Å². The first-order chi connectivity index (χ1) is 12.8. The maximum absolute atomic E-state index is 12.1. The van der Waals surface area contributed by atoms with Crippen molar-refractivity contribution in [3.63, 3.8) is 0 Å². The predicted molar refractivity (Wildman–Crippen MR) is 132 cm³/mol. The fraction of sp³-hybridized carbons (Fsp3) is 0.400. The summed E-state index contributed by atoms with van der Waals surface area (Å²) in [6.07, 6.45) is 0.471. The highest BCUT2D eigenvalue weighted by molar-refractivity contribution is 9.12. The lowest BCUT2D eigenvalue weighted by molar-refractivity contribution is -0.141. The quantitative estimate of drug-likeness (QED) is 0.186. The monoisotopic (exact) mass is 658 g/mol. The van der Waals surface area contributed by atoms with E-state index < -0.39 is 42.3 Å². The van der Waals surface area contributed by atoms with Crippen LogP contribution < -0.4 is 0 Å². The average Bonchev–Trinajstić information content (AvgIpc) is 2.52. The van der Waals surface area contributed by atoms with Crippen molar-refractivity contribution in [2.75, 3.05) is 0 Å². The minimum absolute atomic E-state index is 0.157. The van der Waals surface area contributed by atoms with Crippen molar-refractivity contribution in [3.05, 3.63) is 33.2 Å². The Kier molecular flexibility index (Phi) is 14.8. The summed E-state index contributed by atoms with van der Waals surface area (Å²) >= 11 is 21.6. The number of hydrogen-bond acceptors (Lipinski definition) is 9. The van der Waals surface area contributed by atoms with Crippen molar-refractivity contribution in [3.8, 4) is 0 Å². The molecule has 0 aromatic heterocycles. The molecule has 0 spiro atoms. The van der Waals surface area contributed by atoms with Crippen LogP contribution in [0.4, 0.5) is 0 Å². The fourth-order valence-corrected chi connectivity index (χ4v) is 5.06. The van der Waals surface area contributed by atoms with Gasteiger partial charge in [0.25, 0.3) is 0 Å². The van der Waals surface area contributed by atoms with Crippen LogP contribution in [-0.2, 0) is 28.0 Å². The highest BCUT2D eigenvalue weighted by atomic mass is 79.9. The first-order valence-electron chi connectivity index (χ1n) is 7.33. The maximum atomic E-state index is 12.1. The van der Waals surface area contributed by atoms with Crippen LogP contribution in [0.2, 0.25) is 0 Å². The van der Waals surface area contributed by atoms with E-state index in [2.05, 4.69) is 105 Å². The fourth-order valence-electron chi connectivity index (χ4n) is 1.34. The van der Waals surface area contributed by atoms with Gasteiger partial charge in [-0.2, -0.15) is 37.9 Å². The number of carbonyl (C=O) groups excluding carboxylic acids is 3. The number of carbonyl (C=O) groups is 3. The average molecular weight is 661 g/mol. The SMILES string of the molecule is C=C(Br)CC(S)C(=O)OP(OC(=O)C(S)CC(=C)Br)OC(=O)C(S)CC(=C)Br. The Bertz CT molecular complexity index is 563. The summed E-state index contributed by atoms with van der Waals surface area (Å²) in [5.74, 6) is -2.55. The topological polar surface area (TPSA) is 78.9 Å². The van der Waals surface area contributed by atoms with E-state index in [1.807, 2.05) is 0 Å². The lowest BCUT2D eigenvalue weighted by Crippen LogP contribution is -2.23. The van der Waals surface area contributed by atoms with Crippen molar-refractivity contribution in [1.82, 2.24) is 0 Å². The summed E-state index contributed by atoms with van der Waals surface area (Å²) in [6, 6.07) is 0. The van der Waals surface area contributed by atoms with E-state index in [0.717, 1.165) is 0 Å². The van der Waals surface area contributed by atoms with E-state index in [0.29, 0.717) is 13.4 Å². The van der Waals surface area contributed by atoms with Crippen LogP contribution in [0.5, 0.6) is 0 Å². The predicted octanol–water partition coefficient (Wildman–Crippen LogP) is 5.63. The van der Waals surface area contributed by atoms with E-state index >= 15 is 0 Å². The minimum Gasteiger partial charge on any atom is -0.374 e. The van der Waals surface area contributed by atoms with Gasteiger partial charge in [-0.1, -0.05) is 67.5 Å². The standard InChI is InChI=1S/C15H18Br3O6PS3/c1-7(16)4-10(26)13(19)22-25(23-14(20)11(27)5-8(2)17)24-15(21)12(28)6-9(3)18/h10-12,26-28H,1-6H2. The van der Waals surface area contributed by atoms with E-state index in [9.17, 15) is 14.4 Å². The molecule has 0 rings (SSSR count). The summed E-state index contributed by atoms with van der Waals surface area (Å²) in [6.45, 7) is 10.8. The molecule has 0 fully saturated rings. The van der Waals surface area contributed by atoms with E-state index in [1.165, 1.54) is 0 Å². The number of allylic oxidation sites excluding steroid dienone is 3. The molecular weight excluding hydrogens is 643 g/mol. The Morgan fingerprint density at radius 3 is 1.07 bits per heavy atom. The smallest absolute Gasteiger partial charge is 0.374 e. The van der Waals surface area contributed by atoms with Gasteiger partial charge in [0, 0.05) is 19.3 Å². The molecule has 0 N–H and O–H groups in total. The van der Waals surface area contributed by atoms with Gasteiger partial charge in [-0.3, -0.25) is 14.4 Å². The summed E-state index contributed by atoms with van der Waals surface area (Å²) < 4.78 is 16.6. The molecule has 3 atom stereocenters. The van der Waals surface area contributed by atoms with Crippen molar-refractivity contribution in [2.24, 2.45) is 0 Å². The number of halogens is 3. The Morgan fingerprint density at radius 2 is 0.893 bits per heavy atom. The lowest BCUT2D eigenvalue weighted by atomic mass is 10.3. The first kappa shape index (κ1) is 28.5. The summed E-state index contributed by atoms with van der Waals surface area (Å²) in [7, 11) is -2.68. The van der Waals surface area contributed by atoms with Gasteiger partial charge in [0.15, 0.2) is 0 Å².